The number of piperidine rings is 1. The molecule has 1 heterocycles. The summed E-state index contributed by atoms with van der Waals surface area (Å²) in [5, 5.41) is 9.17. The number of ketones is 1. The van der Waals surface area contributed by atoms with Gasteiger partial charge in [-0.15, -0.1) is 0 Å². The van der Waals surface area contributed by atoms with Crippen molar-refractivity contribution in [3.63, 3.8) is 0 Å². The molecule has 0 aliphatic carbocycles. The number of Topliss-reactive ketones (excluding diaryl/α,β-unsaturated/α-hetero) is 1. The second kappa shape index (κ2) is 7.46. The number of anilines is 1. The van der Waals surface area contributed by atoms with Crippen LogP contribution in [0.25, 0.3) is 0 Å². The quantitative estimate of drug-likeness (QED) is 0.615. The predicted octanol–water partition coefficient (Wildman–Crippen LogP) is 2.04. The number of likely N-dealkylation sites (tertiary alicyclic amines) is 1. The highest BCUT2D eigenvalue weighted by atomic mass is 16.5. The maximum Gasteiger partial charge on any atom is 0.307 e. The molecule has 126 valence electrons. The largest absolute Gasteiger partial charge is 0.492 e. The van der Waals surface area contributed by atoms with Crippen molar-refractivity contribution in [2.75, 3.05) is 25.4 Å². The number of rotatable bonds is 6. The van der Waals surface area contributed by atoms with Gasteiger partial charge in [-0.3, -0.25) is 14.5 Å². The van der Waals surface area contributed by atoms with Gasteiger partial charge in [0.2, 0.25) is 0 Å². The van der Waals surface area contributed by atoms with E-state index in [0.717, 1.165) is 13.0 Å². The highest BCUT2D eigenvalue weighted by molar-refractivity contribution is 6.00. The molecule has 1 saturated heterocycles. The van der Waals surface area contributed by atoms with Crippen LogP contribution in [0.1, 0.15) is 37.0 Å². The van der Waals surface area contributed by atoms with Crippen LogP contribution in [0, 0.1) is 5.92 Å². The number of aliphatic carboxylic acids is 1. The van der Waals surface area contributed by atoms with Crippen molar-refractivity contribution in [2.45, 2.75) is 32.7 Å². The average molecular weight is 320 g/mol. The number of ether oxygens (including phenoxy) is 1. The molecule has 0 spiro atoms. The van der Waals surface area contributed by atoms with Crippen molar-refractivity contribution >= 4 is 17.4 Å². The van der Waals surface area contributed by atoms with Gasteiger partial charge in [-0.05, 0) is 51.4 Å². The molecule has 3 N–H and O–H groups in total. The number of carboxylic acids is 1. The van der Waals surface area contributed by atoms with Crippen LogP contribution in [-0.2, 0) is 4.79 Å². The molecule has 2 atom stereocenters. The summed E-state index contributed by atoms with van der Waals surface area (Å²) in [6, 6.07) is 4.67. The Labute approximate surface area is 136 Å². The van der Waals surface area contributed by atoms with Gasteiger partial charge in [0, 0.05) is 12.1 Å². The van der Waals surface area contributed by atoms with E-state index in [9.17, 15) is 9.59 Å². The van der Waals surface area contributed by atoms with Gasteiger partial charge in [-0.1, -0.05) is 0 Å². The Balaban J connectivity index is 2.10. The van der Waals surface area contributed by atoms with Crippen molar-refractivity contribution in [1.29, 1.82) is 0 Å². The molecule has 0 amide bonds. The normalized spacial score (nSPS) is 20.0. The first-order valence-corrected chi connectivity index (χ1v) is 7.97. The molecule has 6 nitrogen and oxygen atoms in total. The van der Waals surface area contributed by atoms with Gasteiger partial charge in [0.1, 0.15) is 5.75 Å². The lowest BCUT2D eigenvalue weighted by Crippen LogP contribution is -2.46. The molecule has 1 fully saturated rings. The van der Waals surface area contributed by atoms with Crippen molar-refractivity contribution < 1.29 is 19.4 Å². The van der Waals surface area contributed by atoms with Crippen molar-refractivity contribution in [3.05, 3.63) is 23.8 Å². The third-order valence-electron chi connectivity index (χ3n) is 4.32. The Morgan fingerprint density at radius 3 is 2.83 bits per heavy atom. The van der Waals surface area contributed by atoms with E-state index in [1.54, 1.807) is 18.2 Å². The lowest BCUT2D eigenvalue weighted by Gasteiger charge is -2.34. The maximum absolute atomic E-state index is 12.7. The van der Waals surface area contributed by atoms with E-state index < -0.39 is 11.9 Å². The molecule has 0 radical (unpaired) electrons. The lowest BCUT2D eigenvalue weighted by atomic mass is 9.95. The van der Waals surface area contributed by atoms with Gasteiger partial charge in [0.05, 0.1) is 24.3 Å². The number of hydrogen-bond donors (Lipinski definition) is 2. The summed E-state index contributed by atoms with van der Waals surface area (Å²) in [5.41, 5.74) is 6.88. The molecule has 6 heteroatoms. The predicted molar refractivity (Wildman–Crippen MR) is 87.7 cm³/mol. The third-order valence-corrected chi connectivity index (χ3v) is 4.32. The Bertz CT molecular complexity index is 588. The van der Waals surface area contributed by atoms with E-state index in [4.69, 9.17) is 15.6 Å². The maximum atomic E-state index is 12.7. The van der Waals surface area contributed by atoms with E-state index in [1.165, 1.54) is 0 Å². The topological polar surface area (TPSA) is 92.9 Å². The minimum Gasteiger partial charge on any atom is -0.492 e. The number of nitrogen functional groups attached to an aromatic ring is 1. The standard InChI is InChI=1S/C17H24N2O4/c1-3-23-15-7-6-12(9-14(15)18)16(20)11(2)19-8-4-5-13(10-19)17(21)22/h6-7,9,11,13H,3-5,8,10,18H2,1-2H3,(H,21,22). The van der Waals surface area contributed by atoms with Gasteiger partial charge >= 0.3 is 5.97 Å². The van der Waals surface area contributed by atoms with Crippen molar-refractivity contribution in [3.8, 4) is 5.75 Å². The van der Waals surface area contributed by atoms with Crippen LogP contribution >= 0.6 is 0 Å². The number of carbonyl (C=O) groups excluding carboxylic acids is 1. The van der Waals surface area contributed by atoms with Crippen molar-refractivity contribution in [1.82, 2.24) is 4.90 Å². The van der Waals surface area contributed by atoms with E-state index in [2.05, 4.69) is 0 Å². The zero-order valence-corrected chi connectivity index (χ0v) is 13.6. The fourth-order valence-corrected chi connectivity index (χ4v) is 2.96. The van der Waals surface area contributed by atoms with E-state index in [0.29, 0.717) is 36.6 Å². The number of nitrogens with two attached hydrogens (primary N) is 1. The highest BCUT2D eigenvalue weighted by Gasteiger charge is 2.31. The van der Waals surface area contributed by atoms with Crippen LogP contribution < -0.4 is 10.5 Å². The van der Waals surface area contributed by atoms with Gasteiger partial charge in [0.25, 0.3) is 0 Å². The molecule has 0 bridgehead atoms. The molecule has 1 aliphatic heterocycles. The minimum absolute atomic E-state index is 0.0502. The molecule has 1 aromatic carbocycles. The number of hydrogen-bond acceptors (Lipinski definition) is 5. The van der Waals surface area contributed by atoms with E-state index >= 15 is 0 Å². The molecule has 23 heavy (non-hydrogen) atoms. The molecule has 2 unspecified atom stereocenters. The fraction of sp³-hybridized carbons (Fsp3) is 0.529. The van der Waals surface area contributed by atoms with Gasteiger partial charge in [0.15, 0.2) is 5.78 Å². The first-order chi connectivity index (χ1) is 10.9. The van der Waals surface area contributed by atoms with Crippen LogP contribution in [0.2, 0.25) is 0 Å². The fourth-order valence-electron chi connectivity index (χ4n) is 2.96. The number of carbonyl (C=O) groups is 2. The second-order valence-corrected chi connectivity index (χ2v) is 5.90. The second-order valence-electron chi connectivity index (χ2n) is 5.90. The number of nitrogens with zero attached hydrogens (tertiary/aromatic N) is 1. The number of carboxylic acid groups (broad SMARTS) is 1. The summed E-state index contributed by atoms with van der Waals surface area (Å²) in [6.45, 7) is 5.35. The van der Waals surface area contributed by atoms with Crippen LogP contribution in [0.5, 0.6) is 5.75 Å². The lowest BCUT2D eigenvalue weighted by molar-refractivity contribution is -0.143. The summed E-state index contributed by atoms with van der Waals surface area (Å²) in [6.07, 6.45) is 1.46. The summed E-state index contributed by atoms with van der Waals surface area (Å²) in [7, 11) is 0. The first-order valence-electron chi connectivity index (χ1n) is 7.97. The molecular formula is C17H24N2O4. The smallest absolute Gasteiger partial charge is 0.307 e. The average Bonchev–Trinajstić information content (AvgIpc) is 2.55. The summed E-state index contributed by atoms with van der Waals surface area (Å²) < 4.78 is 5.38. The summed E-state index contributed by atoms with van der Waals surface area (Å²) >= 11 is 0. The molecule has 0 aromatic heterocycles. The molecule has 2 rings (SSSR count). The molecule has 1 aromatic rings. The van der Waals surface area contributed by atoms with E-state index in [1.807, 2.05) is 18.7 Å². The van der Waals surface area contributed by atoms with Gasteiger partial charge < -0.3 is 15.6 Å². The van der Waals surface area contributed by atoms with Crippen LogP contribution in [-0.4, -0.2) is 47.5 Å². The Morgan fingerprint density at radius 1 is 1.48 bits per heavy atom. The van der Waals surface area contributed by atoms with Crippen LogP contribution in [0.3, 0.4) is 0 Å². The summed E-state index contributed by atoms with van der Waals surface area (Å²) in [5.74, 6) is -0.671. The zero-order valence-electron chi connectivity index (χ0n) is 13.6. The van der Waals surface area contributed by atoms with Crippen LogP contribution in [0.15, 0.2) is 18.2 Å². The first kappa shape index (κ1) is 17.3. The highest BCUT2D eigenvalue weighted by Crippen LogP contribution is 2.25. The van der Waals surface area contributed by atoms with Crippen molar-refractivity contribution in [2.24, 2.45) is 5.92 Å². The Hall–Kier alpha value is -2.08. The minimum atomic E-state index is -0.792. The van der Waals surface area contributed by atoms with Crippen LogP contribution in [0.4, 0.5) is 5.69 Å². The van der Waals surface area contributed by atoms with E-state index in [-0.39, 0.29) is 11.8 Å². The van der Waals surface area contributed by atoms with Gasteiger partial charge in [-0.25, -0.2) is 0 Å². The Morgan fingerprint density at radius 2 is 2.22 bits per heavy atom. The van der Waals surface area contributed by atoms with Gasteiger partial charge in [-0.2, -0.15) is 0 Å². The molecular weight excluding hydrogens is 296 g/mol. The summed E-state index contributed by atoms with van der Waals surface area (Å²) in [4.78, 5) is 25.8. The molecule has 0 saturated carbocycles. The Kier molecular flexibility index (Phi) is 5.60. The SMILES string of the molecule is CCOc1ccc(C(=O)C(C)N2CCCC(C(=O)O)C2)cc1N. The number of benzene rings is 1. The third kappa shape index (κ3) is 4.01. The monoisotopic (exact) mass is 320 g/mol. The molecule has 1 aliphatic rings. The zero-order chi connectivity index (χ0) is 17.0.